The number of hydrogen-bond donors (Lipinski definition) is 1. The van der Waals surface area contributed by atoms with E-state index in [1.165, 1.54) is 6.33 Å². The van der Waals surface area contributed by atoms with Crippen molar-refractivity contribution in [3.05, 3.63) is 22.1 Å². The molecular weight excluding hydrogens is 208 g/mol. The molecule has 0 amide bonds. The van der Waals surface area contributed by atoms with E-state index in [4.69, 9.17) is 5.73 Å². The minimum absolute atomic E-state index is 0.0774. The molecule has 0 saturated heterocycles. The zero-order chi connectivity index (χ0) is 12.0. The predicted molar refractivity (Wildman–Crippen MR) is 59.5 cm³/mol. The molecule has 0 bridgehead atoms. The third kappa shape index (κ3) is 2.92. The molecule has 84 valence electrons. The van der Waals surface area contributed by atoms with Gasteiger partial charge in [-0.25, -0.2) is 9.97 Å². The fourth-order valence-electron chi connectivity index (χ4n) is 1.08. The highest BCUT2D eigenvalue weighted by atomic mass is 16.6. The molecule has 6 nitrogen and oxygen atoms in total. The molecule has 16 heavy (non-hydrogen) atoms. The monoisotopic (exact) mass is 220 g/mol. The molecule has 0 atom stereocenters. The fraction of sp³-hybridized carbons (Fsp3) is 0.400. The van der Waals surface area contributed by atoms with Crippen LogP contribution < -0.4 is 5.73 Å². The van der Waals surface area contributed by atoms with Gasteiger partial charge in [0.25, 0.3) is 0 Å². The highest BCUT2D eigenvalue weighted by Crippen LogP contribution is 2.20. The van der Waals surface area contributed by atoms with Crippen LogP contribution in [0.25, 0.3) is 0 Å². The Bertz CT molecular complexity index is 448. The van der Waals surface area contributed by atoms with Crippen LogP contribution in [0.15, 0.2) is 6.33 Å². The average molecular weight is 220 g/mol. The lowest BCUT2D eigenvalue weighted by Crippen LogP contribution is -2.02. The van der Waals surface area contributed by atoms with Crippen molar-refractivity contribution in [3.8, 4) is 11.8 Å². The van der Waals surface area contributed by atoms with Crippen LogP contribution in [-0.2, 0) is 0 Å². The predicted octanol–water partition coefficient (Wildman–Crippen LogP) is 1.51. The SMILES string of the molecule is CCCCC#Cc1ncnc(N)c1[N+](=O)[O-]. The van der Waals surface area contributed by atoms with Crippen molar-refractivity contribution < 1.29 is 4.92 Å². The standard InChI is InChI=1S/C10H12N4O2/c1-2-3-4-5-6-8-9(14(15)16)10(11)13-7-12-8/h7H,2-4H2,1H3,(H2,11,12,13). The van der Waals surface area contributed by atoms with E-state index in [1.54, 1.807) is 0 Å². The summed E-state index contributed by atoms with van der Waals surface area (Å²) in [5, 5.41) is 10.7. The van der Waals surface area contributed by atoms with Gasteiger partial charge in [-0.2, -0.15) is 0 Å². The van der Waals surface area contributed by atoms with Crippen molar-refractivity contribution >= 4 is 11.5 Å². The lowest BCUT2D eigenvalue weighted by Gasteiger charge is -1.96. The van der Waals surface area contributed by atoms with Crippen LogP contribution in [0, 0.1) is 22.0 Å². The van der Waals surface area contributed by atoms with Crippen molar-refractivity contribution in [1.29, 1.82) is 0 Å². The van der Waals surface area contributed by atoms with Gasteiger partial charge in [-0.15, -0.1) is 0 Å². The highest BCUT2D eigenvalue weighted by Gasteiger charge is 2.18. The first-order chi connectivity index (χ1) is 7.66. The molecule has 0 unspecified atom stereocenters. The van der Waals surface area contributed by atoms with Gasteiger partial charge in [0.15, 0.2) is 5.69 Å². The smallest absolute Gasteiger partial charge is 0.345 e. The maximum absolute atomic E-state index is 10.7. The molecule has 1 rings (SSSR count). The summed E-state index contributed by atoms with van der Waals surface area (Å²) in [6.45, 7) is 2.05. The molecule has 0 aliphatic carbocycles. The molecule has 1 heterocycles. The lowest BCUT2D eigenvalue weighted by molar-refractivity contribution is -0.384. The minimum atomic E-state index is -0.612. The Labute approximate surface area is 93.1 Å². The van der Waals surface area contributed by atoms with E-state index >= 15 is 0 Å². The summed E-state index contributed by atoms with van der Waals surface area (Å²) in [7, 11) is 0. The Morgan fingerprint density at radius 1 is 1.56 bits per heavy atom. The molecule has 0 saturated carbocycles. The third-order valence-electron chi connectivity index (χ3n) is 1.90. The Kier molecular flexibility index (Phi) is 4.21. The summed E-state index contributed by atoms with van der Waals surface area (Å²) in [6.07, 6.45) is 3.85. The van der Waals surface area contributed by atoms with Gasteiger partial charge in [0.05, 0.1) is 4.92 Å². The number of unbranched alkanes of at least 4 members (excludes halogenated alkanes) is 2. The van der Waals surface area contributed by atoms with Crippen LogP contribution >= 0.6 is 0 Å². The third-order valence-corrected chi connectivity index (χ3v) is 1.90. The van der Waals surface area contributed by atoms with Gasteiger partial charge in [-0.1, -0.05) is 19.3 Å². The van der Waals surface area contributed by atoms with E-state index in [9.17, 15) is 10.1 Å². The van der Waals surface area contributed by atoms with Crippen molar-refractivity contribution in [3.63, 3.8) is 0 Å². The van der Waals surface area contributed by atoms with Gasteiger partial charge < -0.3 is 5.73 Å². The van der Waals surface area contributed by atoms with E-state index in [1.807, 2.05) is 6.92 Å². The van der Waals surface area contributed by atoms with Crippen LogP contribution in [0.5, 0.6) is 0 Å². The number of nitrogen functional groups attached to an aromatic ring is 1. The van der Waals surface area contributed by atoms with Gasteiger partial charge >= 0.3 is 5.69 Å². The first-order valence-electron chi connectivity index (χ1n) is 4.90. The molecule has 1 aromatic rings. The van der Waals surface area contributed by atoms with Crippen LogP contribution in [-0.4, -0.2) is 14.9 Å². The number of nitrogens with zero attached hydrogens (tertiary/aromatic N) is 3. The topological polar surface area (TPSA) is 94.9 Å². The molecule has 2 N–H and O–H groups in total. The summed E-state index contributed by atoms with van der Waals surface area (Å²) in [6, 6.07) is 0. The number of nitro groups is 1. The second-order valence-electron chi connectivity index (χ2n) is 3.12. The zero-order valence-corrected chi connectivity index (χ0v) is 8.93. The maximum Gasteiger partial charge on any atom is 0.345 e. The Hall–Kier alpha value is -2.16. The second-order valence-corrected chi connectivity index (χ2v) is 3.12. The average Bonchev–Trinajstić information content (AvgIpc) is 2.24. The van der Waals surface area contributed by atoms with E-state index in [0.717, 1.165) is 12.8 Å². The van der Waals surface area contributed by atoms with Crippen LogP contribution in [0.2, 0.25) is 0 Å². The van der Waals surface area contributed by atoms with Crippen molar-refractivity contribution in [2.45, 2.75) is 26.2 Å². The van der Waals surface area contributed by atoms with Crippen molar-refractivity contribution in [1.82, 2.24) is 9.97 Å². The van der Waals surface area contributed by atoms with Crippen LogP contribution in [0.3, 0.4) is 0 Å². The molecule has 0 aromatic carbocycles. The van der Waals surface area contributed by atoms with E-state index in [2.05, 4.69) is 21.8 Å². The molecule has 0 fully saturated rings. The van der Waals surface area contributed by atoms with Crippen LogP contribution in [0.4, 0.5) is 11.5 Å². The Morgan fingerprint density at radius 3 is 2.94 bits per heavy atom. The first kappa shape index (κ1) is 11.9. The summed E-state index contributed by atoms with van der Waals surface area (Å²) in [4.78, 5) is 17.4. The molecule has 0 aliphatic heterocycles. The molecule has 1 aromatic heterocycles. The number of hydrogen-bond acceptors (Lipinski definition) is 5. The quantitative estimate of drug-likeness (QED) is 0.360. The number of anilines is 1. The minimum Gasteiger partial charge on any atom is -0.378 e. The molecule has 0 aliphatic rings. The Balaban J connectivity index is 2.98. The molecule has 0 radical (unpaired) electrons. The van der Waals surface area contributed by atoms with Gasteiger partial charge in [0.1, 0.15) is 6.33 Å². The van der Waals surface area contributed by atoms with Gasteiger partial charge in [-0.05, 0) is 12.3 Å². The lowest BCUT2D eigenvalue weighted by atomic mass is 10.2. The normalized spacial score (nSPS) is 9.31. The van der Waals surface area contributed by atoms with Gasteiger partial charge in [0.2, 0.25) is 5.82 Å². The second kappa shape index (κ2) is 5.66. The van der Waals surface area contributed by atoms with Crippen molar-refractivity contribution in [2.24, 2.45) is 0 Å². The van der Waals surface area contributed by atoms with Gasteiger partial charge in [-0.3, -0.25) is 10.1 Å². The molecule has 0 spiro atoms. The zero-order valence-electron chi connectivity index (χ0n) is 8.93. The summed E-state index contributed by atoms with van der Waals surface area (Å²) < 4.78 is 0. The maximum atomic E-state index is 10.7. The van der Waals surface area contributed by atoms with Gasteiger partial charge in [0, 0.05) is 6.42 Å². The van der Waals surface area contributed by atoms with Crippen molar-refractivity contribution in [2.75, 3.05) is 5.73 Å². The van der Waals surface area contributed by atoms with Crippen LogP contribution in [0.1, 0.15) is 31.9 Å². The van der Waals surface area contributed by atoms with E-state index < -0.39 is 4.92 Å². The number of rotatable bonds is 3. The number of nitrogens with two attached hydrogens (primary N) is 1. The van der Waals surface area contributed by atoms with E-state index in [-0.39, 0.29) is 17.2 Å². The summed E-state index contributed by atoms with van der Waals surface area (Å²) >= 11 is 0. The van der Waals surface area contributed by atoms with E-state index in [0.29, 0.717) is 6.42 Å². The molecule has 6 heteroatoms. The summed E-state index contributed by atoms with van der Waals surface area (Å²) in [5.74, 6) is 5.32. The largest absolute Gasteiger partial charge is 0.378 e. The fourth-order valence-corrected chi connectivity index (χ4v) is 1.08. The first-order valence-corrected chi connectivity index (χ1v) is 4.90. The Morgan fingerprint density at radius 2 is 2.31 bits per heavy atom. The highest BCUT2D eigenvalue weighted by molar-refractivity contribution is 5.59. The number of aromatic nitrogens is 2. The summed E-state index contributed by atoms with van der Waals surface area (Å²) in [5.41, 5.74) is 5.16. The molecular formula is C10H12N4O2.